The Kier molecular flexibility index (Phi) is 14.5. The molecule has 0 aliphatic carbocycles. The molecule has 5 aromatic rings. The van der Waals surface area contributed by atoms with E-state index in [4.69, 9.17) is 43.1 Å². The first-order valence-corrected chi connectivity index (χ1v) is 21.6. The first-order valence-electron chi connectivity index (χ1n) is 20.8. The van der Waals surface area contributed by atoms with Crippen LogP contribution in [0.25, 0.3) is 33.1 Å². The summed E-state index contributed by atoms with van der Waals surface area (Å²) in [6.07, 6.45) is 8.46. The third-order valence-corrected chi connectivity index (χ3v) is 11.7. The summed E-state index contributed by atoms with van der Waals surface area (Å²) in [6.45, 7) is 4.38. The average molecular weight is 876 g/mol. The van der Waals surface area contributed by atoms with Gasteiger partial charge in [0.1, 0.15) is 11.0 Å². The molecule has 0 atom stereocenters. The maximum absolute atomic E-state index is 12.5. The summed E-state index contributed by atoms with van der Waals surface area (Å²) >= 11 is 12.2. The zero-order chi connectivity index (χ0) is 43.0. The van der Waals surface area contributed by atoms with Crippen molar-refractivity contribution in [1.82, 2.24) is 29.8 Å². The van der Waals surface area contributed by atoms with E-state index in [9.17, 15) is 30.0 Å². The molecule has 6 heterocycles. The number of fused-ring (bicyclic) bond motifs is 2. The van der Waals surface area contributed by atoms with Crippen LogP contribution >= 0.6 is 23.2 Å². The van der Waals surface area contributed by atoms with Gasteiger partial charge in [-0.1, -0.05) is 47.5 Å². The van der Waals surface area contributed by atoms with Crippen molar-refractivity contribution in [3.63, 3.8) is 0 Å². The minimum atomic E-state index is -0.461. The van der Waals surface area contributed by atoms with Crippen molar-refractivity contribution in [1.29, 1.82) is 0 Å². The average Bonchev–Trinajstić information content (AvgIpc) is 3.76. The van der Waals surface area contributed by atoms with Crippen LogP contribution in [-0.2, 0) is 16.6 Å². The second kappa shape index (κ2) is 20.2. The molecular formula is C43H52Cl2N10O6. The predicted molar refractivity (Wildman–Crippen MR) is 239 cm³/mol. The number of amides is 2. The summed E-state index contributed by atoms with van der Waals surface area (Å²) in [7, 11) is 1.90. The zero-order valence-electron chi connectivity index (χ0n) is 34.2. The van der Waals surface area contributed by atoms with Gasteiger partial charge in [0.2, 0.25) is 11.9 Å². The van der Waals surface area contributed by atoms with Gasteiger partial charge >= 0.3 is 0 Å². The Bertz CT molecular complexity index is 2310. The second-order valence-electron chi connectivity index (χ2n) is 15.2. The Hall–Kier alpha value is -5.10. The van der Waals surface area contributed by atoms with Crippen molar-refractivity contribution in [2.45, 2.75) is 38.5 Å². The van der Waals surface area contributed by atoms with Crippen molar-refractivity contribution in [2.24, 2.45) is 7.05 Å². The van der Waals surface area contributed by atoms with Gasteiger partial charge < -0.3 is 44.6 Å². The zero-order valence-corrected chi connectivity index (χ0v) is 35.7. The molecule has 324 valence electrons. The minimum absolute atomic E-state index is 0.0772. The van der Waals surface area contributed by atoms with E-state index in [1.165, 1.54) is 12.8 Å². The Balaban J connectivity index is 0.000000196. The molecule has 2 amide bonds. The molecule has 18 heteroatoms. The molecule has 2 saturated heterocycles. The number of anilines is 4. The van der Waals surface area contributed by atoms with Gasteiger partial charge in [0.25, 0.3) is 11.8 Å². The molecule has 0 unspecified atom stereocenters. The number of nitrogens with zero attached hydrogens (tertiary/aromatic N) is 9. The number of piperidine rings is 2. The Morgan fingerprint density at radius 2 is 1.11 bits per heavy atom. The van der Waals surface area contributed by atoms with Crippen LogP contribution in [0, 0.1) is 0 Å². The smallest absolute Gasteiger partial charge is 0.259 e. The number of rotatable bonds is 14. The molecule has 2 fully saturated rings. The maximum atomic E-state index is 12.5. The number of benzene rings is 2. The molecule has 8 rings (SSSR count). The number of aliphatic hydroxyl groups is 4. The highest BCUT2D eigenvalue weighted by Crippen LogP contribution is 2.39. The monoisotopic (exact) mass is 874 g/mol. The number of aliphatic hydroxyl groups excluding tert-OH is 4. The van der Waals surface area contributed by atoms with Crippen molar-refractivity contribution in [3.05, 3.63) is 69.8 Å². The van der Waals surface area contributed by atoms with Crippen LogP contribution in [0.2, 0.25) is 10.0 Å². The summed E-state index contributed by atoms with van der Waals surface area (Å²) in [6, 6.07) is 12.6. The van der Waals surface area contributed by atoms with Crippen LogP contribution in [0.15, 0.2) is 48.7 Å². The number of hydrogen-bond acceptors (Lipinski definition) is 14. The number of para-hydroxylation sites is 1. The van der Waals surface area contributed by atoms with Gasteiger partial charge in [-0.25, -0.2) is 9.97 Å². The second-order valence-corrected chi connectivity index (χ2v) is 16.0. The van der Waals surface area contributed by atoms with E-state index >= 15 is 0 Å². The van der Waals surface area contributed by atoms with Gasteiger partial charge in [-0.3, -0.25) is 14.9 Å². The van der Waals surface area contributed by atoms with E-state index in [1.807, 2.05) is 42.1 Å². The molecule has 5 N–H and O–H groups in total. The van der Waals surface area contributed by atoms with E-state index in [0.717, 1.165) is 74.4 Å². The van der Waals surface area contributed by atoms with Gasteiger partial charge in [0.15, 0.2) is 11.6 Å². The van der Waals surface area contributed by atoms with E-state index in [0.29, 0.717) is 75.9 Å². The Morgan fingerprint density at radius 1 is 0.639 bits per heavy atom. The van der Waals surface area contributed by atoms with Gasteiger partial charge in [0.05, 0.1) is 42.6 Å². The van der Waals surface area contributed by atoms with E-state index < -0.39 is 11.8 Å². The van der Waals surface area contributed by atoms with Crippen LogP contribution < -0.4 is 24.9 Å². The fraction of sp³-hybridized carbons (Fsp3) is 0.442. The van der Waals surface area contributed by atoms with Crippen LogP contribution in [0.5, 0.6) is 0 Å². The molecule has 3 aliphatic heterocycles. The van der Waals surface area contributed by atoms with E-state index in [2.05, 4.69) is 15.1 Å². The first-order chi connectivity index (χ1) is 29.7. The molecule has 61 heavy (non-hydrogen) atoms. The van der Waals surface area contributed by atoms with E-state index in [-0.39, 0.29) is 32.0 Å². The lowest BCUT2D eigenvalue weighted by molar-refractivity contribution is -0.122. The van der Waals surface area contributed by atoms with Gasteiger partial charge in [0, 0.05) is 92.7 Å². The third kappa shape index (κ3) is 9.54. The Labute approximate surface area is 364 Å². The van der Waals surface area contributed by atoms with Gasteiger partial charge in [-0.15, -0.1) is 0 Å². The summed E-state index contributed by atoms with van der Waals surface area (Å²) in [5.41, 5.74) is 4.05. The summed E-state index contributed by atoms with van der Waals surface area (Å²) in [4.78, 5) is 52.8. The standard InChI is InChI=1S/C24H40N8O4.C19H12Cl2N2O2/c33-15-11-31(12-16-34)23-26-20-19(21(27-23)29-7-3-1-4-8-29)25-24(32(13-17-35)14-18-36)28-22(20)30-9-5-2-6-10-30;1-23-9-13(11-4-2-3-5-15(11)23)17-16(18(24)22-19(17)25)12-7-6-10(20)8-14(12)21/h33-36H,1-18H2;2-9H,1H3,(H,22,24,25). The number of aromatic nitrogens is 5. The fourth-order valence-corrected chi connectivity index (χ4v) is 8.71. The molecule has 3 aliphatic rings. The number of imide groups is 1. The number of halogens is 2. The lowest BCUT2D eigenvalue weighted by atomic mass is 9.96. The number of hydrogen-bond donors (Lipinski definition) is 5. The molecule has 16 nitrogen and oxygen atoms in total. The summed E-state index contributed by atoms with van der Waals surface area (Å²) < 4.78 is 1.93. The number of nitrogens with one attached hydrogen (secondary N) is 1. The quantitative estimate of drug-likeness (QED) is 0.100. The molecule has 3 aromatic heterocycles. The van der Waals surface area contributed by atoms with Crippen LogP contribution in [0.1, 0.15) is 49.7 Å². The lowest BCUT2D eigenvalue weighted by Crippen LogP contribution is -2.36. The topological polar surface area (TPSA) is 197 Å². The molecule has 0 saturated carbocycles. The highest BCUT2D eigenvalue weighted by molar-refractivity contribution is 6.51. The lowest BCUT2D eigenvalue weighted by Gasteiger charge is -2.33. The normalized spacial score (nSPS) is 15.7. The summed E-state index contributed by atoms with van der Waals surface area (Å²) in [5, 5.41) is 42.6. The molecule has 0 radical (unpaired) electrons. The van der Waals surface area contributed by atoms with Crippen LogP contribution in [-0.4, -0.2) is 136 Å². The van der Waals surface area contributed by atoms with Crippen molar-refractivity contribution >= 4 is 91.6 Å². The van der Waals surface area contributed by atoms with Crippen LogP contribution in [0.3, 0.4) is 0 Å². The van der Waals surface area contributed by atoms with Crippen LogP contribution in [0.4, 0.5) is 23.5 Å². The first kappa shape index (κ1) is 44.0. The predicted octanol–water partition coefficient (Wildman–Crippen LogP) is 4.03. The highest BCUT2D eigenvalue weighted by atomic mass is 35.5. The van der Waals surface area contributed by atoms with E-state index in [1.54, 1.807) is 28.0 Å². The van der Waals surface area contributed by atoms with Gasteiger partial charge in [-0.05, 0) is 56.7 Å². The van der Waals surface area contributed by atoms with Crippen molar-refractivity contribution < 1.29 is 30.0 Å². The maximum Gasteiger partial charge on any atom is 0.259 e. The van der Waals surface area contributed by atoms with Crippen molar-refractivity contribution in [2.75, 3.05) is 98.4 Å². The van der Waals surface area contributed by atoms with Gasteiger partial charge in [-0.2, -0.15) is 9.97 Å². The molecule has 0 spiro atoms. The summed E-state index contributed by atoms with van der Waals surface area (Å²) in [5.74, 6) is 1.46. The number of carbonyl (C=O) groups excluding carboxylic acids is 2. The molecule has 0 bridgehead atoms. The molecular weight excluding hydrogens is 823 g/mol. The molecule has 2 aromatic carbocycles. The third-order valence-electron chi connectivity index (χ3n) is 11.1. The SMILES string of the molecule is Cn1cc(C2=C(c3ccc(Cl)cc3Cl)C(=O)NC2=O)c2ccccc21.OCCN(CCO)c1nc(N2CCCCC2)c2nc(N(CCO)CCO)nc(N3CCCCC3)c2n1. The fourth-order valence-electron chi connectivity index (χ4n) is 8.21. The minimum Gasteiger partial charge on any atom is -0.395 e. The Morgan fingerprint density at radius 3 is 1.59 bits per heavy atom. The number of aryl methyl sites for hydroxylation is 1. The largest absolute Gasteiger partial charge is 0.395 e. The highest BCUT2D eigenvalue weighted by Gasteiger charge is 2.35. The van der Waals surface area contributed by atoms with Crippen molar-refractivity contribution in [3.8, 4) is 0 Å². The number of carbonyl (C=O) groups is 2.